The van der Waals surface area contributed by atoms with Gasteiger partial charge in [-0.25, -0.2) is 0 Å². The van der Waals surface area contributed by atoms with Crippen molar-refractivity contribution < 1.29 is 14.1 Å². The molecule has 2 aliphatic rings. The van der Waals surface area contributed by atoms with Gasteiger partial charge in [-0.1, -0.05) is 47.6 Å². The van der Waals surface area contributed by atoms with Crippen LogP contribution in [0.2, 0.25) is 0 Å². The molecule has 0 bridgehead atoms. The number of piperidine rings is 1. The first-order valence-electron chi connectivity index (χ1n) is 11.1. The van der Waals surface area contributed by atoms with Gasteiger partial charge in [0.2, 0.25) is 17.7 Å². The molecule has 1 spiro atoms. The number of hydrogen-bond donors (Lipinski definition) is 0. The summed E-state index contributed by atoms with van der Waals surface area (Å²) in [5.41, 5.74) is 0.716. The van der Waals surface area contributed by atoms with Gasteiger partial charge in [0.1, 0.15) is 0 Å². The van der Waals surface area contributed by atoms with Crippen molar-refractivity contribution in [3.8, 4) is 0 Å². The largest absolute Gasteiger partial charge is 0.342 e. The van der Waals surface area contributed by atoms with Crippen LogP contribution in [0.25, 0.3) is 0 Å². The molecule has 1 fully saturated rings. The third-order valence-corrected chi connectivity index (χ3v) is 6.31. The molecular weight excluding hydrogens is 392 g/mol. The Morgan fingerprint density at radius 3 is 2.81 bits per heavy atom. The smallest absolute Gasteiger partial charge is 0.231 e. The van der Waals surface area contributed by atoms with Crippen LogP contribution in [-0.2, 0) is 22.4 Å². The summed E-state index contributed by atoms with van der Waals surface area (Å²) in [6.07, 6.45) is 8.16. The van der Waals surface area contributed by atoms with E-state index in [0.29, 0.717) is 57.2 Å². The van der Waals surface area contributed by atoms with Crippen LogP contribution in [0.3, 0.4) is 0 Å². The van der Waals surface area contributed by atoms with Crippen LogP contribution in [0.5, 0.6) is 0 Å². The summed E-state index contributed by atoms with van der Waals surface area (Å²) < 4.78 is 5.12. The molecule has 3 heterocycles. The number of allylic oxidation sites excluding steroid dienone is 1. The van der Waals surface area contributed by atoms with E-state index >= 15 is 0 Å². The third kappa shape index (κ3) is 5.03. The predicted octanol–water partition coefficient (Wildman–Crippen LogP) is 2.95. The summed E-state index contributed by atoms with van der Waals surface area (Å²) in [5.74, 6) is 1.29. The lowest BCUT2D eigenvalue weighted by Crippen LogP contribution is -2.54. The zero-order chi connectivity index (χ0) is 21.7. The number of amides is 2. The highest BCUT2D eigenvalue weighted by Crippen LogP contribution is 2.37. The molecule has 2 amide bonds. The molecule has 2 aliphatic heterocycles. The number of carbonyl (C=O) groups is 2. The maximum atomic E-state index is 13.6. The monoisotopic (exact) mass is 422 g/mol. The number of aryl methyl sites for hydroxylation is 2. The molecule has 7 heteroatoms. The number of aromatic nitrogens is 2. The number of rotatable bonds is 6. The molecule has 7 nitrogen and oxygen atoms in total. The fourth-order valence-electron chi connectivity index (χ4n) is 4.62. The summed E-state index contributed by atoms with van der Waals surface area (Å²) in [6, 6.07) is 10.3. The van der Waals surface area contributed by atoms with E-state index in [1.165, 1.54) is 5.56 Å². The van der Waals surface area contributed by atoms with Gasteiger partial charge in [0.25, 0.3) is 0 Å². The van der Waals surface area contributed by atoms with E-state index in [1.807, 2.05) is 28.0 Å². The summed E-state index contributed by atoms with van der Waals surface area (Å²) in [5, 5.41) is 3.77. The van der Waals surface area contributed by atoms with Crippen molar-refractivity contribution in [1.29, 1.82) is 0 Å². The van der Waals surface area contributed by atoms with Gasteiger partial charge in [-0.05, 0) is 38.2 Å². The molecule has 0 saturated carbocycles. The van der Waals surface area contributed by atoms with Crippen LogP contribution >= 0.6 is 0 Å². The quantitative estimate of drug-likeness (QED) is 0.669. The van der Waals surface area contributed by atoms with Crippen molar-refractivity contribution in [2.45, 2.75) is 45.4 Å². The molecule has 1 atom stereocenters. The van der Waals surface area contributed by atoms with Crippen LogP contribution in [-0.4, -0.2) is 57.9 Å². The highest BCUT2D eigenvalue weighted by atomic mass is 16.5. The number of hydrogen-bond acceptors (Lipinski definition) is 5. The molecule has 1 aromatic heterocycles. The van der Waals surface area contributed by atoms with Gasteiger partial charge in [-0.3, -0.25) is 9.59 Å². The molecule has 0 radical (unpaired) electrons. The van der Waals surface area contributed by atoms with Crippen LogP contribution in [0.4, 0.5) is 0 Å². The molecular formula is C24H30N4O3. The Morgan fingerprint density at radius 1 is 1.19 bits per heavy atom. The van der Waals surface area contributed by atoms with E-state index in [1.54, 1.807) is 6.92 Å². The van der Waals surface area contributed by atoms with Crippen molar-refractivity contribution in [2.24, 2.45) is 5.41 Å². The van der Waals surface area contributed by atoms with Gasteiger partial charge in [-0.15, -0.1) is 0 Å². The van der Waals surface area contributed by atoms with Gasteiger partial charge in [0, 0.05) is 39.0 Å². The standard InChI is InChI=1S/C24H30N4O3/c1-19-25-21(31-26-19)10-11-22(29)28-16-7-14-24(18-28)13-5-6-15-27(23(24)30)17-12-20-8-3-2-4-9-20/h2-6,8-9H,7,10-18H2,1H3/t24-/m1/s1. The molecule has 0 unspecified atom stereocenters. The highest BCUT2D eigenvalue weighted by Gasteiger charge is 2.45. The maximum absolute atomic E-state index is 13.6. The number of likely N-dealkylation sites (tertiary alicyclic amines) is 1. The minimum absolute atomic E-state index is 0.0480. The Hall–Kier alpha value is -2.96. The van der Waals surface area contributed by atoms with Crippen molar-refractivity contribution in [2.75, 3.05) is 26.2 Å². The Labute approximate surface area is 183 Å². The molecule has 0 N–H and O–H groups in total. The van der Waals surface area contributed by atoms with Crippen LogP contribution in [0, 0.1) is 12.3 Å². The summed E-state index contributed by atoms with van der Waals surface area (Å²) in [4.78, 5) is 34.5. The Bertz CT molecular complexity index is 939. The van der Waals surface area contributed by atoms with Crippen LogP contribution in [0.1, 0.15) is 43.0 Å². The normalized spacial score (nSPS) is 21.5. The Balaban J connectivity index is 1.40. The minimum Gasteiger partial charge on any atom is -0.342 e. The lowest BCUT2D eigenvalue weighted by molar-refractivity contribution is -0.148. The summed E-state index contributed by atoms with van der Waals surface area (Å²) in [6.45, 7) is 4.28. The SMILES string of the molecule is Cc1noc(CCC(=O)N2CCC[C@]3(CC=CCN(CCc4ccccc4)C3=O)C2)n1. The second-order valence-electron chi connectivity index (χ2n) is 8.60. The zero-order valence-electron chi connectivity index (χ0n) is 18.1. The van der Waals surface area contributed by atoms with Crippen LogP contribution in [0.15, 0.2) is 47.0 Å². The average Bonchev–Trinajstić information content (AvgIpc) is 3.16. The molecule has 1 aromatic carbocycles. The Morgan fingerprint density at radius 2 is 2.03 bits per heavy atom. The zero-order valence-corrected chi connectivity index (χ0v) is 18.1. The van der Waals surface area contributed by atoms with E-state index in [0.717, 1.165) is 19.3 Å². The fourth-order valence-corrected chi connectivity index (χ4v) is 4.62. The minimum atomic E-state index is -0.515. The first kappa shape index (κ1) is 21.3. The number of carbonyl (C=O) groups excluding carboxylic acids is 2. The van der Waals surface area contributed by atoms with E-state index in [2.05, 4.69) is 34.4 Å². The van der Waals surface area contributed by atoms with E-state index in [9.17, 15) is 9.59 Å². The van der Waals surface area contributed by atoms with Crippen molar-refractivity contribution in [3.05, 3.63) is 59.8 Å². The van der Waals surface area contributed by atoms with Gasteiger partial charge < -0.3 is 14.3 Å². The van der Waals surface area contributed by atoms with Gasteiger partial charge >= 0.3 is 0 Å². The van der Waals surface area contributed by atoms with Gasteiger partial charge in [0.05, 0.1) is 5.41 Å². The first-order chi connectivity index (χ1) is 15.1. The molecule has 1 saturated heterocycles. The summed E-state index contributed by atoms with van der Waals surface area (Å²) in [7, 11) is 0. The van der Waals surface area contributed by atoms with Crippen molar-refractivity contribution in [3.63, 3.8) is 0 Å². The van der Waals surface area contributed by atoms with Crippen molar-refractivity contribution in [1.82, 2.24) is 19.9 Å². The second-order valence-corrected chi connectivity index (χ2v) is 8.60. The summed E-state index contributed by atoms with van der Waals surface area (Å²) >= 11 is 0. The van der Waals surface area contributed by atoms with Gasteiger partial charge in [0.15, 0.2) is 5.82 Å². The maximum Gasteiger partial charge on any atom is 0.231 e. The first-order valence-corrected chi connectivity index (χ1v) is 11.1. The molecule has 164 valence electrons. The fraction of sp³-hybridized carbons (Fsp3) is 0.500. The molecule has 31 heavy (non-hydrogen) atoms. The van der Waals surface area contributed by atoms with E-state index in [-0.39, 0.29) is 11.8 Å². The topological polar surface area (TPSA) is 79.5 Å². The lowest BCUT2D eigenvalue weighted by atomic mass is 9.76. The van der Waals surface area contributed by atoms with E-state index < -0.39 is 5.41 Å². The molecule has 4 rings (SSSR count). The second kappa shape index (κ2) is 9.45. The van der Waals surface area contributed by atoms with E-state index in [4.69, 9.17) is 4.52 Å². The third-order valence-electron chi connectivity index (χ3n) is 6.31. The van der Waals surface area contributed by atoms with Crippen LogP contribution < -0.4 is 0 Å². The average molecular weight is 423 g/mol. The number of benzene rings is 1. The van der Waals surface area contributed by atoms with Crippen molar-refractivity contribution >= 4 is 11.8 Å². The Kier molecular flexibility index (Phi) is 6.49. The predicted molar refractivity (Wildman–Crippen MR) is 116 cm³/mol. The molecule has 2 aromatic rings. The molecule has 0 aliphatic carbocycles. The van der Waals surface area contributed by atoms with Gasteiger partial charge in [-0.2, -0.15) is 4.98 Å². The highest BCUT2D eigenvalue weighted by molar-refractivity contribution is 5.85. The lowest BCUT2D eigenvalue weighted by Gasteiger charge is -2.43. The number of nitrogens with zero attached hydrogens (tertiary/aromatic N) is 4.